The maximum absolute atomic E-state index is 13.5. The fraction of sp³-hybridized carbons (Fsp3) is 0.818. The number of ketones is 1. The van der Waals surface area contributed by atoms with Crippen LogP contribution in [-0.4, -0.2) is 46.6 Å². The van der Waals surface area contributed by atoms with Crippen LogP contribution in [0.25, 0.3) is 0 Å². The smallest absolute Gasteiger partial charge is 0.302 e. The standard InChI is InChI=1S/C22H30O6/c1-11-13-5-6-14-20-10-27-21(26,22(14,17(11)24)18(13)25)9-15(20)19(3,4)8-7-16(20)28-12(2)23/h13-16,18,25-26H,1,5-10H2,2-4H3/t13-,14-,15+,16+,18+,20?,21+,22?/m0/s1. The first-order valence-corrected chi connectivity index (χ1v) is 10.5. The maximum atomic E-state index is 13.5. The van der Waals surface area contributed by atoms with Gasteiger partial charge >= 0.3 is 5.97 Å². The van der Waals surface area contributed by atoms with Crippen molar-refractivity contribution in [1.29, 1.82) is 0 Å². The largest absolute Gasteiger partial charge is 0.462 e. The zero-order valence-electron chi connectivity index (χ0n) is 16.9. The van der Waals surface area contributed by atoms with Crippen LogP contribution >= 0.6 is 0 Å². The van der Waals surface area contributed by atoms with Gasteiger partial charge in [0.2, 0.25) is 0 Å². The summed E-state index contributed by atoms with van der Waals surface area (Å²) in [5.74, 6) is -2.87. The second kappa shape index (κ2) is 5.27. The minimum Gasteiger partial charge on any atom is -0.462 e. The first-order valence-electron chi connectivity index (χ1n) is 10.5. The molecule has 2 unspecified atom stereocenters. The molecule has 0 aromatic carbocycles. The van der Waals surface area contributed by atoms with Gasteiger partial charge < -0.3 is 19.7 Å². The van der Waals surface area contributed by atoms with Crippen molar-refractivity contribution in [3.8, 4) is 0 Å². The lowest BCUT2D eigenvalue weighted by Gasteiger charge is -2.73. The number of rotatable bonds is 1. The molecule has 2 saturated heterocycles. The molecule has 4 bridgehead atoms. The molecule has 6 rings (SSSR count). The zero-order valence-corrected chi connectivity index (χ0v) is 16.9. The lowest BCUT2D eigenvalue weighted by molar-refractivity contribution is -0.426. The molecule has 0 aromatic heterocycles. The van der Waals surface area contributed by atoms with Gasteiger partial charge in [-0.25, -0.2) is 0 Å². The van der Waals surface area contributed by atoms with Crippen LogP contribution in [-0.2, 0) is 19.1 Å². The number of hydrogen-bond donors (Lipinski definition) is 2. The maximum Gasteiger partial charge on any atom is 0.302 e. The van der Waals surface area contributed by atoms with Gasteiger partial charge in [-0.1, -0.05) is 20.4 Å². The second-order valence-electron chi connectivity index (χ2n) is 10.5. The number of aliphatic hydroxyl groups is 2. The number of hydrogen-bond acceptors (Lipinski definition) is 6. The molecule has 0 amide bonds. The molecule has 6 nitrogen and oxygen atoms in total. The summed E-state index contributed by atoms with van der Waals surface area (Å²) in [5, 5.41) is 23.0. The molecule has 0 radical (unpaired) electrons. The molecular weight excluding hydrogens is 360 g/mol. The third-order valence-electron chi connectivity index (χ3n) is 9.17. The Morgan fingerprint density at radius 3 is 2.64 bits per heavy atom. The van der Waals surface area contributed by atoms with E-state index in [1.807, 2.05) is 0 Å². The van der Waals surface area contributed by atoms with Gasteiger partial charge in [-0.3, -0.25) is 9.59 Å². The van der Waals surface area contributed by atoms with E-state index < -0.39 is 22.7 Å². The van der Waals surface area contributed by atoms with Gasteiger partial charge in [-0.15, -0.1) is 0 Å². The summed E-state index contributed by atoms with van der Waals surface area (Å²) < 4.78 is 11.9. The van der Waals surface area contributed by atoms with Crippen LogP contribution in [0.15, 0.2) is 12.2 Å². The topological polar surface area (TPSA) is 93.1 Å². The van der Waals surface area contributed by atoms with Crippen LogP contribution in [0.4, 0.5) is 0 Å². The first-order chi connectivity index (χ1) is 13.0. The fourth-order valence-electron chi connectivity index (χ4n) is 8.08. The molecule has 28 heavy (non-hydrogen) atoms. The van der Waals surface area contributed by atoms with Gasteiger partial charge in [0.25, 0.3) is 0 Å². The minimum absolute atomic E-state index is 0.0397. The number of carbonyl (C=O) groups excluding carboxylic acids is 2. The summed E-state index contributed by atoms with van der Waals surface area (Å²) in [6, 6.07) is 0. The van der Waals surface area contributed by atoms with Gasteiger partial charge in [0.15, 0.2) is 11.6 Å². The average Bonchev–Trinajstić information content (AvgIpc) is 2.73. The zero-order chi connectivity index (χ0) is 20.3. The van der Waals surface area contributed by atoms with Gasteiger partial charge in [-0.2, -0.15) is 0 Å². The van der Waals surface area contributed by atoms with E-state index in [0.29, 0.717) is 24.8 Å². The number of aliphatic hydroxyl groups excluding tert-OH is 1. The van der Waals surface area contributed by atoms with Crippen molar-refractivity contribution in [1.82, 2.24) is 0 Å². The molecule has 6 aliphatic rings. The van der Waals surface area contributed by atoms with Crippen LogP contribution < -0.4 is 0 Å². The molecule has 4 aliphatic carbocycles. The monoisotopic (exact) mass is 390 g/mol. The number of esters is 1. The SMILES string of the molecule is C=C1C(=O)C23[C@H](O)[C@H]1CC[C@H]2C12CO[C@]3(O)C[C@@H]1C(C)(C)CC[C@H]2OC(C)=O. The Morgan fingerprint density at radius 2 is 1.96 bits per heavy atom. The lowest BCUT2D eigenvalue weighted by atomic mass is 9.36. The highest BCUT2D eigenvalue weighted by Crippen LogP contribution is 2.76. The summed E-state index contributed by atoms with van der Waals surface area (Å²) >= 11 is 0. The third-order valence-corrected chi connectivity index (χ3v) is 9.17. The van der Waals surface area contributed by atoms with Crippen molar-refractivity contribution in [2.45, 2.75) is 70.9 Å². The Morgan fingerprint density at radius 1 is 1.25 bits per heavy atom. The average molecular weight is 390 g/mol. The second-order valence-corrected chi connectivity index (χ2v) is 10.5. The highest BCUT2D eigenvalue weighted by Gasteiger charge is 2.84. The molecule has 2 N–H and O–H groups in total. The first kappa shape index (κ1) is 18.8. The van der Waals surface area contributed by atoms with Crippen LogP contribution in [0.5, 0.6) is 0 Å². The fourth-order valence-corrected chi connectivity index (χ4v) is 8.08. The van der Waals surface area contributed by atoms with Crippen molar-refractivity contribution >= 4 is 11.8 Å². The Labute approximate surface area is 165 Å². The molecule has 2 spiro atoms. The van der Waals surface area contributed by atoms with Crippen molar-refractivity contribution in [3.05, 3.63) is 12.2 Å². The van der Waals surface area contributed by atoms with Crippen molar-refractivity contribution in [3.63, 3.8) is 0 Å². The van der Waals surface area contributed by atoms with Crippen LogP contribution in [0.2, 0.25) is 0 Å². The van der Waals surface area contributed by atoms with Crippen LogP contribution in [0.1, 0.15) is 52.9 Å². The Balaban J connectivity index is 1.74. The van der Waals surface area contributed by atoms with Crippen LogP contribution in [0, 0.1) is 34.0 Å². The molecule has 0 aromatic rings. The van der Waals surface area contributed by atoms with Crippen molar-refractivity contribution in [2.75, 3.05) is 6.61 Å². The van der Waals surface area contributed by atoms with Crippen molar-refractivity contribution < 1.29 is 29.3 Å². The Bertz CT molecular complexity index is 788. The number of ether oxygens (including phenoxy) is 2. The Hall–Kier alpha value is -1.24. The summed E-state index contributed by atoms with van der Waals surface area (Å²) in [7, 11) is 0. The molecule has 2 heterocycles. The van der Waals surface area contributed by atoms with Gasteiger partial charge in [0, 0.05) is 24.7 Å². The van der Waals surface area contributed by atoms with E-state index in [4.69, 9.17) is 9.47 Å². The molecule has 154 valence electrons. The number of carbonyl (C=O) groups is 2. The number of fused-ring (bicyclic) bond motifs is 2. The van der Waals surface area contributed by atoms with Gasteiger partial charge in [-0.05, 0) is 48.5 Å². The highest BCUT2D eigenvalue weighted by atomic mass is 16.6. The van der Waals surface area contributed by atoms with Gasteiger partial charge in [0.1, 0.15) is 11.5 Å². The summed E-state index contributed by atoms with van der Waals surface area (Å²) in [6.45, 7) is 10.0. The molecule has 6 heteroatoms. The quantitative estimate of drug-likeness (QED) is 0.525. The normalized spacial score (nSPS) is 53.5. The van der Waals surface area contributed by atoms with E-state index >= 15 is 0 Å². The summed E-state index contributed by atoms with van der Waals surface area (Å²) in [5.41, 5.74) is -1.65. The van der Waals surface area contributed by atoms with E-state index in [1.165, 1.54) is 6.92 Å². The summed E-state index contributed by atoms with van der Waals surface area (Å²) in [6.07, 6.45) is 1.83. The van der Waals surface area contributed by atoms with E-state index in [9.17, 15) is 19.8 Å². The predicted octanol–water partition coefficient (Wildman–Crippen LogP) is 1.98. The highest BCUT2D eigenvalue weighted by molar-refractivity contribution is 6.05. The Kier molecular flexibility index (Phi) is 3.53. The van der Waals surface area contributed by atoms with E-state index in [0.717, 1.165) is 6.42 Å². The minimum atomic E-state index is -1.70. The predicted molar refractivity (Wildman–Crippen MR) is 98.8 cm³/mol. The molecular formula is C22H30O6. The molecule has 2 aliphatic heterocycles. The van der Waals surface area contributed by atoms with Crippen molar-refractivity contribution in [2.24, 2.45) is 34.0 Å². The molecule has 4 saturated carbocycles. The number of Topliss-reactive ketones (excluding diaryl/α,β-unsaturated/α-hetero) is 1. The van der Waals surface area contributed by atoms with E-state index in [1.54, 1.807) is 0 Å². The third kappa shape index (κ3) is 1.77. The lowest BCUT2D eigenvalue weighted by Crippen LogP contribution is -2.80. The molecule has 6 fully saturated rings. The summed E-state index contributed by atoms with van der Waals surface area (Å²) in [4.78, 5) is 25.4. The van der Waals surface area contributed by atoms with Crippen LogP contribution in [0.3, 0.4) is 0 Å². The molecule has 8 atom stereocenters. The van der Waals surface area contributed by atoms with E-state index in [2.05, 4.69) is 20.4 Å². The van der Waals surface area contributed by atoms with Gasteiger partial charge in [0.05, 0.1) is 12.7 Å². The van der Waals surface area contributed by atoms with E-state index in [-0.39, 0.29) is 54.1 Å².